The molecule has 0 heterocycles. The number of benzene rings is 3. The second-order valence-electron chi connectivity index (χ2n) is 7.68. The summed E-state index contributed by atoms with van der Waals surface area (Å²) in [6.07, 6.45) is 0.517. The summed E-state index contributed by atoms with van der Waals surface area (Å²) >= 11 is 15.7. The van der Waals surface area contributed by atoms with Crippen molar-refractivity contribution in [2.24, 2.45) is 0 Å². The quantitative estimate of drug-likeness (QED) is 0.353. The van der Waals surface area contributed by atoms with Crippen molar-refractivity contribution in [3.63, 3.8) is 0 Å². The molecule has 0 saturated carbocycles. The monoisotopic (exact) mass is 546 g/mol. The van der Waals surface area contributed by atoms with E-state index in [0.717, 1.165) is 21.2 Å². The molecule has 1 atom stereocenters. The Hall–Kier alpha value is -2.34. The van der Waals surface area contributed by atoms with E-state index in [1.807, 2.05) is 61.5 Å². The van der Waals surface area contributed by atoms with Gasteiger partial charge in [0.2, 0.25) is 11.8 Å². The van der Waals surface area contributed by atoms with Gasteiger partial charge in [0.1, 0.15) is 6.04 Å². The molecule has 1 N–H and O–H groups in total. The molecule has 0 aliphatic carbocycles. The number of carbonyl (C=O) groups excluding carboxylic acids is 2. The summed E-state index contributed by atoms with van der Waals surface area (Å²) in [6, 6.07) is 21.9. The molecule has 0 aromatic heterocycles. The third-order valence-electron chi connectivity index (χ3n) is 5.20. The number of rotatable bonds is 9. The molecular formula is C26H25BrCl2N2O2. The van der Waals surface area contributed by atoms with Crippen molar-refractivity contribution < 1.29 is 9.59 Å². The standard InChI is InChI=1S/C26H25BrCl2N2O2/c1-2-30-26(33)24(15-18-7-4-3-5-8-18)31(17-20-9-6-10-21(27)13-20)25(32)16-19-11-12-22(28)23(29)14-19/h3-14,24H,2,15-17H2,1H3,(H,30,33)/t24-/m1/s1. The van der Waals surface area contributed by atoms with Gasteiger partial charge in [-0.2, -0.15) is 0 Å². The molecule has 0 bridgehead atoms. The van der Waals surface area contributed by atoms with Crippen LogP contribution in [0.1, 0.15) is 23.6 Å². The van der Waals surface area contributed by atoms with Gasteiger partial charge in [-0.25, -0.2) is 0 Å². The van der Waals surface area contributed by atoms with Crippen LogP contribution in [-0.4, -0.2) is 29.3 Å². The van der Waals surface area contributed by atoms with Gasteiger partial charge in [0.05, 0.1) is 16.5 Å². The molecule has 172 valence electrons. The molecule has 0 aliphatic rings. The lowest BCUT2D eigenvalue weighted by Gasteiger charge is -2.31. The fraction of sp³-hybridized carbons (Fsp3) is 0.231. The van der Waals surface area contributed by atoms with Crippen LogP contribution in [0.4, 0.5) is 0 Å². The third kappa shape index (κ3) is 7.32. The average molecular weight is 548 g/mol. The van der Waals surface area contributed by atoms with E-state index < -0.39 is 6.04 Å². The normalized spacial score (nSPS) is 11.6. The summed E-state index contributed by atoms with van der Waals surface area (Å²) in [7, 11) is 0. The molecule has 0 aliphatic heterocycles. The van der Waals surface area contributed by atoms with Crippen LogP contribution >= 0.6 is 39.1 Å². The van der Waals surface area contributed by atoms with Crippen LogP contribution in [0.2, 0.25) is 10.0 Å². The lowest BCUT2D eigenvalue weighted by atomic mass is 10.0. The number of nitrogens with one attached hydrogen (secondary N) is 1. The topological polar surface area (TPSA) is 49.4 Å². The maximum Gasteiger partial charge on any atom is 0.243 e. The van der Waals surface area contributed by atoms with E-state index in [4.69, 9.17) is 23.2 Å². The van der Waals surface area contributed by atoms with Crippen molar-refractivity contribution in [2.75, 3.05) is 6.54 Å². The summed E-state index contributed by atoms with van der Waals surface area (Å²) in [5.41, 5.74) is 2.65. The first-order valence-corrected chi connectivity index (χ1v) is 12.2. The van der Waals surface area contributed by atoms with Gasteiger partial charge in [0.15, 0.2) is 0 Å². The highest BCUT2D eigenvalue weighted by Gasteiger charge is 2.30. The average Bonchev–Trinajstić information content (AvgIpc) is 2.79. The number of hydrogen-bond donors (Lipinski definition) is 1. The highest BCUT2D eigenvalue weighted by Crippen LogP contribution is 2.24. The first kappa shape index (κ1) is 25.3. The molecule has 33 heavy (non-hydrogen) atoms. The Morgan fingerprint density at radius 2 is 1.64 bits per heavy atom. The second kappa shape index (κ2) is 12.2. The summed E-state index contributed by atoms with van der Waals surface area (Å²) < 4.78 is 0.912. The van der Waals surface area contributed by atoms with Crippen molar-refractivity contribution >= 4 is 50.9 Å². The molecular weight excluding hydrogens is 523 g/mol. The van der Waals surface area contributed by atoms with E-state index in [2.05, 4.69) is 21.2 Å². The Labute approximate surface area is 213 Å². The van der Waals surface area contributed by atoms with Gasteiger partial charge in [-0.05, 0) is 47.9 Å². The molecule has 0 spiro atoms. The highest BCUT2D eigenvalue weighted by atomic mass is 79.9. The number of nitrogens with zero attached hydrogens (tertiary/aromatic N) is 1. The van der Waals surface area contributed by atoms with Crippen LogP contribution in [-0.2, 0) is 29.0 Å². The van der Waals surface area contributed by atoms with E-state index in [1.165, 1.54) is 0 Å². The molecule has 0 fully saturated rings. The molecule has 2 amide bonds. The van der Waals surface area contributed by atoms with Crippen molar-refractivity contribution in [1.29, 1.82) is 0 Å². The zero-order valence-corrected chi connectivity index (χ0v) is 21.3. The molecule has 0 radical (unpaired) electrons. The van der Waals surface area contributed by atoms with Crippen LogP contribution in [0.15, 0.2) is 77.3 Å². The summed E-state index contributed by atoms with van der Waals surface area (Å²) in [4.78, 5) is 28.4. The largest absolute Gasteiger partial charge is 0.355 e. The smallest absolute Gasteiger partial charge is 0.243 e. The van der Waals surface area contributed by atoms with Crippen molar-refractivity contribution in [3.8, 4) is 0 Å². The summed E-state index contributed by atoms with van der Waals surface area (Å²) in [5, 5.41) is 3.73. The van der Waals surface area contributed by atoms with Crippen molar-refractivity contribution in [2.45, 2.75) is 32.4 Å². The Morgan fingerprint density at radius 3 is 2.30 bits per heavy atom. The Bertz CT molecular complexity index is 1110. The lowest BCUT2D eigenvalue weighted by Crippen LogP contribution is -2.50. The van der Waals surface area contributed by atoms with Gasteiger partial charge in [0, 0.05) is 24.0 Å². The fourth-order valence-electron chi connectivity index (χ4n) is 3.60. The maximum absolute atomic E-state index is 13.6. The fourth-order valence-corrected chi connectivity index (χ4v) is 4.37. The summed E-state index contributed by atoms with van der Waals surface area (Å²) in [5.74, 6) is -0.348. The van der Waals surface area contributed by atoms with Crippen LogP contribution < -0.4 is 5.32 Å². The van der Waals surface area contributed by atoms with E-state index in [1.54, 1.807) is 23.1 Å². The second-order valence-corrected chi connectivity index (χ2v) is 9.41. The Balaban J connectivity index is 1.96. The van der Waals surface area contributed by atoms with Gasteiger partial charge in [-0.3, -0.25) is 9.59 Å². The molecule has 7 heteroatoms. The predicted octanol–water partition coefficient (Wildman–Crippen LogP) is 6.07. The minimum absolute atomic E-state index is 0.107. The van der Waals surface area contributed by atoms with Crippen LogP contribution in [0, 0.1) is 0 Å². The minimum Gasteiger partial charge on any atom is -0.355 e. The van der Waals surface area contributed by atoms with Crippen molar-refractivity contribution in [1.82, 2.24) is 10.2 Å². The maximum atomic E-state index is 13.6. The minimum atomic E-state index is -0.665. The van der Waals surface area contributed by atoms with Gasteiger partial charge in [-0.1, -0.05) is 87.7 Å². The molecule has 3 aromatic rings. The van der Waals surface area contributed by atoms with Gasteiger partial charge < -0.3 is 10.2 Å². The van der Waals surface area contributed by atoms with E-state index in [9.17, 15) is 9.59 Å². The zero-order valence-electron chi connectivity index (χ0n) is 18.2. The molecule has 3 aromatic carbocycles. The van der Waals surface area contributed by atoms with E-state index in [-0.39, 0.29) is 18.2 Å². The van der Waals surface area contributed by atoms with Crippen molar-refractivity contribution in [3.05, 3.63) is 104 Å². The molecule has 0 saturated heterocycles. The number of amides is 2. The van der Waals surface area contributed by atoms with Gasteiger partial charge in [0.25, 0.3) is 0 Å². The first-order valence-electron chi connectivity index (χ1n) is 10.7. The predicted molar refractivity (Wildman–Crippen MR) is 137 cm³/mol. The summed E-state index contributed by atoms with van der Waals surface area (Å²) in [6.45, 7) is 2.65. The van der Waals surface area contributed by atoms with Crippen LogP contribution in [0.25, 0.3) is 0 Å². The number of hydrogen-bond acceptors (Lipinski definition) is 2. The van der Waals surface area contributed by atoms with E-state index >= 15 is 0 Å². The molecule has 3 rings (SSSR count). The van der Waals surface area contributed by atoms with Gasteiger partial charge >= 0.3 is 0 Å². The lowest BCUT2D eigenvalue weighted by molar-refractivity contribution is -0.140. The Kier molecular flexibility index (Phi) is 9.36. The van der Waals surface area contributed by atoms with Crippen LogP contribution in [0.5, 0.6) is 0 Å². The van der Waals surface area contributed by atoms with E-state index in [0.29, 0.717) is 29.6 Å². The first-order chi connectivity index (χ1) is 15.9. The highest BCUT2D eigenvalue weighted by molar-refractivity contribution is 9.10. The van der Waals surface area contributed by atoms with Gasteiger partial charge in [-0.15, -0.1) is 0 Å². The number of likely N-dealkylation sites (N-methyl/N-ethyl adjacent to an activating group) is 1. The Morgan fingerprint density at radius 1 is 0.909 bits per heavy atom. The third-order valence-corrected chi connectivity index (χ3v) is 6.44. The SMILES string of the molecule is CCNC(=O)[C@@H](Cc1ccccc1)N(Cc1cccc(Br)c1)C(=O)Cc1ccc(Cl)c(Cl)c1. The molecule has 4 nitrogen and oxygen atoms in total. The number of carbonyl (C=O) groups is 2. The zero-order chi connectivity index (χ0) is 23.8. The van der Waals surface area contributed by atoms with Crippen LogP contribution in [0.3, 0.4) is 0 Å². The number of halogens is 3. The molecule has 0 unspecified atom stereocenters.